The fourth-order valence-electron chi connectivity index (χ4n) is 7.34. The first-order valence-electron chi connectivity index (χ1n) is 17.1. The highest BCUT2D eigenvalue weighted by Crippen LogP contribution is 2.43. The minimum Gasteiger partial charge on any atom is -0.456 e. The van der Waals surface area contributed by atoms with Crippen molar-refractivity contribution in [1.82, 2.24) is 15.0 Å². The maximum atomic E-state index is 6.44. The van der Waals surface area contributed by atoms with Crippen LogP contribution in [0.5, 0.6) is 0 Å². The highest BCUT2D eigenvalue weighted by molar-refractivity contribution is 6.24. The number of nitrogens with zero attached hydrogens (tertiary/aromatic N) is 3. The molecule has 10 rings (SSSR count). The summed E-state index contributed by atoms with van der Waals surface area (Å²) in [5.41, 5.74) is 9.16. The smallest absolute Gasteiger partial charge is 0.164 e. The van der Waals surface area contributed by atoms with E-state index in [0.29, 0.717) is 17.5 Å². The minimum absolute atomic E-state index is 0.631. The Labute approximate surface area is 294 Å². The molecule has 0 bridgehead atoms. The van der Waals surface area contributed by atoms with Gasteiger partial charge >= 0.3 is 0 Å². The average Bonchev–Trinajstić information content (AvgIpc) is 3.61. The molecule has 0 amide bonds. The molecular formula is C47H29N3O. The highest BCUT2D eigenvalue weighted by atomic mass is 16.3. The number of aromatic nitrogens is 3. The van der Waals surface area contributed by atoms with Crippen LogP contribution in [0.15, 0.2) is 180 Å². The summed E-state index contributed by atoms with van der Waals surface area (Å²) in [4.78, 5) is 15.2. The zero-order valence-corrected chi connectivity index (χ0v) is 27.5. The monoisotopic (exact) mass is 651 g/mol. The fourth-order valence-corrected chi connectivity index (χ4v) is 7.34. The quantitative estimate of drug-likeness (QED) is 0.186. The van der Waals surface area contributed by atoms with Crippen LogP contribution in [0.1, 0.15) is 0 Å². The molecule has 0 saturated carbocycles. The number of benzene rings is 8. The van der Waals surface area contributed by atoms with Gasteiger partial charge in [0.25, 0.3) is 0 Å². The van der Waals surface area contributed by atoms with E-state index in [1.165, 1.54) is 16.3 Å². The molecule has 4 nitrogen and oxygen atoms in total. The van der Waals surface area contributed by atoms with E-state index in [1.807, 2.05) is 36.4 Å². The molecule has 0 spiro atoms. The van der Waals surface area contributed by atoms with Crippen LogP contribution in [0.2, 0.25) is 0 Å². The summed E-state index contributed by atoms with van der Waals surface area (Å²) < 4.78 is 6.44. The predicted molar refractivity (Wildman–Crippen MR) is 209 cm³/mol. The molecule has 0 aliphatic carbocycles. The van der Waals surface area contributed by atoms with Crippen molar-refractivity contribution in [3.63, 3.8) is 0 Å². The molecule has 0 atom stereocenters. The van der Waals surface area contributed by atoms with Crippen molar-refractivity contribution in [3.05, 3.63) is 176 Å². The number of hydrogen-bond donors (Lipinski definition) is 0. The summed E-state index contributed by atoms with van der Waals surface area (Å²) in [6, 6.07) is 60.9. The zero-order valence-electron chi connectivity index (χ0n) is 27.5. The Bertz CT molecular complexity index is 2900. The molecule has 2 aromatic heterocycles. The van der Waals surface area contributed by atoms with Gasteiger partial charge in [0, 0.05) is 27.5 Å². The van der Waals surface area contributed by atoms with E-state index in [1.54, 1.807) is 0 Å². The third-order valence-corrected chi connectivity index (χ3v) is 9.76. The van der Waals surface area contributed by atoms with E-state index in [-0.39, 0.29) is 0 Å². The van der Waals surface area contributed by atoms with E-state index in [4.69, 9.17) is 19.4 Å². The summed E-state index contributed by atoms with van der Waals surface area (Å²) in [6.45, 7) is 0. The van der Waals surface area contributed by atoms with Crippen LogP contribution in [-0.4, -0.2) is 15.0 Å². The summed E-state index contributed by atoms with van der Waals surface area (Å²) in [6.07, 6.45) is 0. The SMILES string of the molecule is c1ccc(-c2ccc(-c3nc(-c4ccccc4)nc(-c4cccc5c(-c6cccc7oc8ccc9ccccc9c8c67)cccc45)n3)cc2)cc1. The van der Waals surface area contributed by atoms with Crippen molar-refractivity contribution in [2.24, 2.45) is 0 Å². The molecular weight excluding hydrogens is 623 g/mol. The molecule has 0 N–H and O–H groups in total. The highest BCUT2D eigenvalue weighted by Gasteiger charge is 2.19. The van der Waals surface area contributed by atoms with Crippen molar-refractivity contribution in [3.8, 4) is 56.4 Å². The maximum absolute atomic E-state index is 6.44. The Morgan fingerprint density at radius 1 is 0.294 bits per heavy atom. The van der Waals surface area contributed by atoms with Gasteiger partial charge in [-0.1, -0.05) is 164 Å². The number of hydrogen-bond acceptors (Lipinski definition) is 4. The van der Waals surface area contributed by atoms with Gasteiger partial charge < -0.3 is 4.42 Å². The summed E-state index contributed by atoms with van der Waals surface area (Å²) in [5.74, 6) is 1.90. The van der Waals surface area contributed by atoms with Crippen LogP contribution in [0, 0.1) is 0 Å². The van der Waals surface area contributed by atoms with E-state index in [0.717, 1.165) is 66.1 Å². The molecule has 8 aromatic carbocycles. The largest absolute Gasteiger partial charge is 0.456 e. The van der Waals surface area contributed by atoms with Gasteiger partial charge in [-0.2, -0.15) is 0 Å². The van der Waals surface area contributed by atoms with Crippen LogP contribution in [0.3, 0.4) is 0 Å². The number of fused-ring (bicyclic) bond motifs is 6. The van der Waals surface area contributed by atoms with Gasteiger partial charge in [-0.05, 0) is 55.9 Å². The lowest BCUT2D eigenvalue weighted by Crippen LogP contribution is -2.00. The number of furan rings is 1. The molecule has 0 radical (unpaired) electrons. The van der Waals surface area contributed by atoms with E-state index < -0.39 is 0 Å². The van der Waals surface area contributed by atoms with Crippen LogP contribution in [0.25, 0.3) is 99.9 Å². The second kappa shape index (κ2) is 11.9. The third-order valence-electron chi connectivity index (χ3n) is 9.76. The lowest BCUT2D eigenvalue weighted by atomic mass is 9.92. The summed E-state index contributed by atoms with van der Waals surface area (Å²) in [7, 11) is 0. The molecule has 4 heteroatoms. The molecule has 0 aliphatic heterocycles. The van der Waals surface area contributed by atoms with Gasteiger partial charge in [-0.15, -0.1) is 0 Å². The molecule has 0 fully saturated rings. The maximum Gasteiger partial charge on any atom is 0.164 e. The average molecular weight is 652 g/mol. The van der Waals surface area contributed by atoms with E-state index >= 15 is 0 Å². The summed E-state index contributed by atoms with van der Waals surface area (Å²) in [5, 5.41) is 6.82. The Balaban J connectivity index is 1.17. The zero-order chi connectivity index (χ0) is 33.7. The molecule has 238 valence electrons. The van der Waals surface area contributed by atoms with Gasteiger partial charge in [0.2, 0.25) is 0 Å². The van der Waals surface area contributed by atoms with Gasteiger partial charge in [-0.3, -0.25) is 0 Å². The van der Waals surface area contributed by atoms with Gasteiger partial charge in [0.15, 0.2) is 17.5 Å². The van der Waals surface area contributed by atoms with Crippen molar-refractivity contribution < 1.29 is 4.42 Å². The molecule has 2 heterocycles. The Hall–Kier alpha value is -6.91. The fraction of sp³-hybridized carbons (Fsp3) is 0. The minimum atomic E-state index is 0.631. The van der Waals surface area contributed by atoms with Crippen LogP contribution in [0.4, 0.5) is 0 Å². The second-order valence-corrected chi connectivity index (χ2v) is 12.8. The molecule has 0 unspecified atom stereocenters. The Morgan fingerprint density at radius 2 is 0.804 bits per heavy atom. The first-order chi connectivity index (χ1) is 25.3. The van der Waals surface area contributed by atoms with Crippen molar-refractivity contribution in [2.75, 3.05) is 0 Å². The standard InChI is InChI=1S/C47H29N3O/c1-3-12-30(13-4-1)31-24-26-34(27-25-31)46-48-45(33-15-5-2-6-16-33)49-47(50-46)40-22-10-18-36-37(19-9-20-38(36)40)39-21-11-23-41-44(39)43-35-17-8-7-14-32(35)28-29-42(43)51-41/h1-29H. The predicted octanol–water partition coefficient (Wildman–Crippen LogP) is 12.4. The van der Waals surface area contributed by atoms with Crippen LogP contribution < -0.4 is 0 Å². The Kier molecular flexibility index (Phi) is 6.78. The topological polar surface area (TPSA) is 51.8 Å². The number of rotatable bonds is 5. The van der Waals surface area contributed by atoms with Crippen LogP contribution >= 0.6 is 0 Å². The second-order valence-electron chi connectivity index (χ2n) is 12.8. The van der Waals surface area contributed by atoms with Gasteiger partial charge in [-0.25, -0.2) is 15.0 Å². The summed E-state index contributed by atoms with van der Waals surface area (Å²) >= 11 is 0. The molecule has 51 heavy (non-hydrogen) atoms. The van der Waals surface area contributed by atoms with Crippen molar-refractivity contribution in [2.45, 2.75) is 0 Å². The normalized spacial score (nSPS) is 11.5. The molecule has 0 aliphatic rings. The molecule has 0 saturated heterocycles. The van der Waals surface area contributed by atoms with Crippen LogP contribution in [-0.2, 0) is 0 Å². The lowest BCUT2D eigenvalue weighted by Gasteiger charge is -2.13. The Morgan fingerprint density at radius 3 is 1.57 bits per heavy atom. The van der Waals surface area contributed by atoms with Gasteiger partial charge in [0.05, 0.1) is 0 Å². The third kappa shape index (κ3) is 4.96. The lowest BCUT2D eigenvalue weighted by molar-refractivity contribution is 0.669. The first kappa shape index (κ1) is 29.0. The van der Waals surface area contributed by atoms with E-state index in [2.05, 4.69) is 140 Å². The first-order valence-corrected chi connectivity index (χ1v) is 17.1. The van der Waals surface area contributed by atoms with Gasteiger partial charge in [0.1, 0.15) is 11.2 Å². The van der Waals surface area contributed by atoms with E-state index in [9.17, 15) is 0 Å². The van der Waals surface area contributed by atoms with Crippen molar-refractivity contribution >= 4 is 43.5 Å². The molecule has 10 aromatic rings. The van der Waals surface area contributed by atoms with Crippen molar-refractivity contribution in [1.29, 1.82) is 0 Å².